The number of ether oxygens (including phenoxy) is 1. The molecule has 2 nitrogen and oxygen atoms in total. The maximum absolute atomic E-state index is 9.29. The van der Waals surface area contributed by atoms with Crippen molar-refractivity contribution in [2.45, 2.75) is 50.4 Å². The van der Waals surface area contributed by atoms with Crippen LogP contribution >= 0.6 is 0 Å². The Morgan fingerprint density at radius 3 is 2.70 bits per heavy atom. The molecule has 0 bridgehead atoms. The molecule has 2 fully saturated rings. The molecule has 1 aliphatic heterocycles. The van der Waals surface area contributed by atoms with Gasteiger partial charge in [0.25, 0.3) is 0 Å². The zero-order valence-corrected chi connectivity index (χ0v) is 6.12. The molecule has 0 radical (unpaired) electrons. The van der Waals surface area contributed by atoms with Gasteiger partial charge in [-0.05, 0) is 32.1 Å². The Labute approximate surface area is 61.2 Å². The van der Waals surface area contributed by atoms with Crippen LogP contribution in [-0.4, -0.2) is 23.4 Å². The lowest BCUT2D eigenvalue weighted by molar-refractivity contribution is 0.144. The molecule has 0 aromatic rings. The van der Waals surface area contributed by atoms with Gasteiger partial charge in [0.05, 0.1) is 18.3 Å². The number of epoxide rings is 1. The smallest absolute Gasteiger partial charge is 0.0842 e. The van der Waals surface area contributed by atoms with Gasteiger partial charge in [0, 0.05) is 0 Å². The third kappa shape index (κ3) is 1.32. The van der Waals surface area contributed by atoms with Crippen LogP contribution in [0.4, 0.5) is 0 Å². The van der Waals surface area contributed by atoms with Crippen LogP contribution in [0.2, 0.25) is 0 Å². The number of rotatable bonds is 0. The fraction of sp³-hybridized carbons (Fsp3) is 1.00. The molecule has 10 heavy (non-hydrogen) atoms. The third-order valence-electron chi connectivity index (χ3n) is 2.50. The van der Waals surface area contributed by atoms with E-state index in [2.05, 4.69) is 0 Å². The van der Waals surface area contributed by atoms with E-state index in [-0.39, 0.29) is 6.10 Å². The van der Waals surface area contributed by atoms with Crippen LogP contribution in [0.15, 0.2) is 0 Å². The third-order valence-corrected chi connectivity index (χ3v) is 2.50. The van der Waals surface area contributed by atoms with Gasteiger partial charge in [-0.25, -0.2) is 0 Å². The highest BCUT2D eigenvalue weighted by molar-refractivity contribution is 4.87. The number of aliphatic hydroxyl groups is 1. The average Bonchev–Trinajstić information content (AvgIpc) is 2.59. The summed E-state index contributed by atoms with van der Waals surface area (Å²) in [4.78, 5) is 0. The highest BCUT2D eigenvalue weighted by Crippen LogP contribution is 2.33. The Balaban J connectivity index is 1.83. The van der Waals surface area contributed by atoms with E-state index in [4.69, 9.17) is 4.74 Å². The minimum atomic E-state index is -0.0508. The Bertz CT molecular complexity index is 122. The molecule has 0 aromatic carbocycles. The summed E-state index contributed by atoms with van der Waals surface area (Å²) in [5.41, 5.74) is 0. The minimum Gasteiger partial charge on any atom is -0.393 e. The molecule has 0 amide bonds. The second-order valence-electron chi connectivity index (χ2n) is 3.38. The van der Waals surface area contributed by atoms with Crippen LogP contribution in [0.1, 0.15) is 32.1 Å². The van der Waals surface area contributed by atoms with Gasteiger partial charge >= 0.3 is 0 Å². The Kier molecular flexibility index (Phi) is 1.66. The largest absolute Gasteiger partial charge is 0.393 e. The Hall–Kier alpha value is -0.0800. The number of fused-ring (bicyclic) bond motifs is 1. The summed E-state index contributed by atoms with van der Waals surface area (Å²) < 4.78 is 5.38. The van der Waals surface area contributed by atoms with Crippen molar-refractivity contribution >= 4 is 0 Å². The predicted molar refractivity (Wildman–Crippen MR) is 37.8 cm³/mol. The fourth-order valence-corrected chi connectivity index (χ4v) is 1.74. The highest BCUT2D eigenvalue weighted by atomic mass is 16.6. The lowest BCUT2D eigenvalue weighted by Gasteiger charge is -2.10. The number of aliphatic hydroxyl groups excluding tert-OH is 1. The monoisotopic (exact) mass is 142 g/mol. The van der Waals surface area contributed by atoms with Crippen molar-refractivity contribution in [2.75, 3.05) is 0 Å². The molecule has 1 saturated carbocycles. The van der Waals surface area contributed by atoms with Crippen LogP contribution < -0.4 is 0 Å². The minimum absolute atomic E-state index is 0.0508. The maximum Gasteiger partial charge on any atom is 0.0842 e. The highest BCUT2D eigenvalue weighted by Gasteiger charge is 2.38. The second kappa shape index (κ2) is 2.51. The molecule has 1 N–H and O–H groups in total. The second-order valence-corrected chi connectivity index (χ2v) is 3.38. The molecule has 58 valence electrons. The summed E-state index contributed by atoms with van der Waals surface area (Å²) in [6.07, 6.45) is 6.33. The first-order valence-corrected chi connectivity index (χ1v) is 4.20. The summed E-state index contributed by atoms with van der Waals surface area (Å²) in [5.74, 6) is 0. The fourth-order valence-electron chi connectivity index (χ4n) is 1.74. The number of hydrogen-bond acceptors (Lipinski definition) is 2. The van der Waals surface area contributed by atoms with Crippen LogP contribution in [0, 0.1) is 0 Å². The first kappa shape index (κ1) is 6.62. The summed E-state index contributed by atoms with van der Waals surface area (Å²) in [7, 11) is 0. The topological polar surface area (TPSA) is 32.8 Å². The van der Waals surface area contributed by atoms with Crippen molar-refractivity contribution in [1.82, 2.24) is 0 Å². The summed E-state index contributed by atoms with van der Waals surface area (Å²) in [5, 5.41) is 9.29. The van der Waals surface area contributed by atoms with Gasteiger partial charge in [-0.3, -0.25) is 0 Å². The average molecular weight is 142 g/mol. The van der Waals surface area contributed by atoms with Gasteiger partial charge in [0.2, 0.25) is 0 Å². The van der Waals surface area contributed by atoms with E-state index >= 15 is 0 Å². The maximum atomic E-state index is 9.29. The lowest BCUT2D eigenvalue weighted by atomic mass is 9.99. The van der Waals surface area contributed by atoms with E-state index in [1.54, 1.807) is 0 Å². The van der Waals surface area contributed by atoms with Gasteiger partial charge < -0.3 is 9.84 Å². The number of hydrogen-bond donors (Lipinski definition) is 1. The molecular formula is C8H14O2. The molecule has 2 rings (SSSR count). The van der Waals surface area contributed by atoms with E-state index in [0.29, 0.717) is 12.2 Å². The zero-order chi connectivity index (χ0) is 6.97. The summed E-state index contributed by atoms with van der Waals surface area (Å²) in [6, 6.07) is 0. The molecule has 1 saturated heterocycles. The predicted octanol–water partition coefficient (Wildman–Crippen LogP) is 1.08. The van der Waals surface area contributed by atoms with E-state index in [1.165, 1.54) is 6.42 Å². The van der Waals surface area contributed by atoms with Crippen LogP contribution in [0.3, 0.4) is 0 Å². The van der Waals surface area contributed by atoms with Gasteiger partial charge in [-0.15, -0.1) is 0 Å². The molecule has 0 aromatic heterocycles. The molecule has 0 unspecified atom stereocenters. The Morgan fingerprint density at radius 1 is 1.00 bits per heavy atom. The molecule has 2 heteroatoms. The van der Waals surface area contributed by atoms with Gasteiger partial charge in [0.1, 0.15) is 0 Å². The standard InChI is InChI=1S/C8H14O2/c9-6-2-1-3-7-8(10-7)5-4-6/h6-9H,1-5H2/t6-,7+,8+/m0/s1. The summed E-state index contributed by atoms with van der Waals surface area (Å²) >= 11 is 0. The first-order valence-electron chi connectivity index (χ1n) is 4.20. The van der Waals surface area contributed by atoms with Crippen molar-refractivity contribution in [3.8, 4) is 0 Å². The lowest BCUT2D eigenvalue weighted by Crippen LogP contribution is -2.11. The van der Waals surface area contributed by atoms with Crippen LogP contribution in [0.5, 0.6) is 0 Å². The molecular weight excluding hydrogens is 128 g/mol. The Morgan fingerprint density at radius 2 is 1.80 bits per heavy atom. The SMILES string of the molecule is O[C@H]1CCC[C@H]2O[C@@H]2CC1. The van der Waals surface area contributed by atoms with E-state index < -0.39 is 0 Å². The van der Waals surface area contributed by atoms with Crippen LogP contribution in [-0.2, 0) is 4.74 Å². The normalized spacial score (nSPS) is 47.1. The van der Waals surface area contributed by atoms with Crippen molar-refractivity contribution < 1.29 is 9.84 Å². The van der Waals surface area contributed by atoms with Crippen LogP contribution in [0.25, 0.3) is 0 Å². The van der Waals surface area contributed by atoms with Crippen molar-refractivity contribution in [3.05, 3.63) is 0 Å². The van der Waals surface area contributed by atoms with Gasteiger partial charge in [-0.1, -0.05) is 0 Å². The molecule has 1 aliphatic carbocycles. The van der Waals surface area contributed by atoms with Crippen molar-refractivity contribution in [3.63, 3.8) is 0 Å². The van der Waals surface area contributed by atoms with E-state index in [0.717, 1.165) is 25.7 Å². The van der Waals surface area contributed by atoms with Gasteiger partial charge in [0.15, 0.2) is 0 Å². The van der Waals surface area contributed by atoms with Gasteiger partial charge in [-0.2, -0.15) is 0 Å². The molecule has 0 spiro atoms. The quantitative estimate of drug-likeness (QED) is 0.513. The van der Waals surface area contributed by atoms with Crippen molar-refractivity contribution in [2.24, 2.45) is 0 Å². The summed E-state index contributed by atoms with van der Waals surface area (Å²) in [6.45, 7) is 0. The molecule has 1 heterocycles. The van der Waals surface area contributed by atoms with Crippen molar-refractivity contribution in [1.29, 1.82) is 0 Å². The van der Waals surface area contributed by atoms with E-state index in [1.807, 2.05) is 0 Å². The molecule has 3 atom stereocenters. The first-order chi connectivity index (χ1) is 4.86. The molecule has 2 aliphatic rings. The zero-order valence-electron chi connectivity index (χ0n) is 6.12. The van der Waals surface area contributed by atoms with E-state index in [9.17, 15) is 5.11 Å².